The number of rotatable bonds is 12. The van der Waals surface area contributed by atoms with Crippen LogP contribution in [0.5, 0.6) is 34.5 Å². The summed E-state index contributed by atoms with van der Waals surface area (Å²) in [6.45, 7) is 1.26. The van der Waals surface area contributed by atoms with Crippen molar-refractivity contribution in [3.63, 3.8) is 0 Å². The van der Waals surface area contributed by atoms with Gasteiger partial charge in [-0.05, 0) is 19.3 Å². The van der Waals surface area contributed by atoms with E-state index in [0.29, 0.717) is 36.2 Å². The Morgan fingerprint density at radius 1 is 0.444 bits per heavy atom. The average molecular weight is 376 g/mol. The Labute approximate surface area is 160 Å². The van der Waals surface area contributed by atoms with Gasteiger partial charge in [0.1, 0.15) is 34.5 Å². The van der Waals surface area contributed by atoms with Crippen molar-refractivity contribution in [2.24, 2.45) is 0 Å². The molecule has 0 radical (unpaired) electrons. The topological polar surface area (TPSA) is 55.4 Å². The fourth-order valence-corrected chi connectivity index (χ4v) is 2.49. The van der Waals surface area contributed by atoms with Gasteiger partial charge in [0.25, 0.3) is 0 Å². The van der Waals surface area contributed by atoms with Crippen molar-refractivity contribution < 1.29 is 28.4 Å². The third-order valence-corrected chi connectivity index (χ3v) is 3.98. The van der Waals surface area contributed by atoms with Gasteiger partial charge in [0, 0.05) is 36.4 Å². The van der Waals surface area contributed by atoms with E-state index in [0.717, 1.165) is 30.8 Å². The van der Waals surface area contributed by atoms with Crippen molar-refractivity contribution in [1.29, 1.82) is 0 Å². The maximum absolute atomic E-state index is 5.78. The summed E-state index contributed by atoms with van der Waals surface area (Å²) < 4.78 is 32.5. The second-order valence-electron chi connectivity index (χ2n) is 5.85. The molecule has 0 atom stereocenters. The van der Waals surface area contributed by atoms with E-state index in [-0.39, 0.29) is 0 Å². The summed E-state index contributed by atoms with van der Waals surface area (Å²) in [6, 6.07) is 11.0. The van der Waals surface area contributed by atoms with Crippen molar-refractivity contribution in [1.82, 2.24) is 0 Å². The van der Waals surface area contributed by atoms with Gasteiger partial charge in [0.15, 0.2) is 0 Å². The van der Waals surface area contributed by atoms with E-state index in [1.165, 1.54) is 0 Å². The highest BCUT2D eigenvalue weighted by atomic mass is 16.5. The summed E-state index contributed by atoms with van der Waals surface area (Å²) in [7, 11) is 6.49. The zero-order chi connectivity index (χ0) is 19.5. The molecule has 2 aromatic carbocycles. The number of hydrogen-bond donors (Lipinski definition) is 0. The summed E-state index contributed by atoms with van der Waals surface area (Å²) in [5.41, 5.74) is 0. The smallest absolute Gasteiger partial charge is 0.126 e. The molecule has 0 unspecified atom stereocenters. The van der Waals surface area contributed by atoms with Gasteiger partial charge in [0.05, 0.1) is 41.7 Å². The first-order valence-corrected chi connectivity index (χ1v) is 8.90. The first-order valence-electron chi connectivity index (χ1n) is 8.90. The minimum absolute atomic E-state index is 0.628. The predicted molar refractivity (Wildman–Crippen MR) is 104 cm³/mol. The van der Waals surface area contributed by atoms with E-state index in [1.54, 1.807) is 28.4 Å². The van der Waals surface area contributed by atoms with Crippen LogP contribution in [0.2, 0.25) is 0 Å². The molecule has 2 aromatic rings. The monoisotopic (exact) mass is 376 g/mol. The quantitative estimate of drug-likeness (QED) is 0.514. The van der Waals surface area contributed by atoms with E-state index in [9.17, 15) is 0 Å². The summed E-state index contributed by atoms with van der Waals surface area (Å²) in [6.07, 6.45) is 2.87. The standard InChI is InChI=1S/C21H28O6/c1-22-16-10-17(23-2)13-20(12-16)26-8-6-5-7-9-27-21-14-18(24-3)11-19(15-21)25-4/h10-15H,5-9H2,1-4H3. The predicted octanol–water partition coefficient (Wildman–Crippen LogP) is 4.35. The number of methoxy groups -OCH3 is 4. The lowest BCUT2D eigenvalue weighted by molar-refractivity contribution is 0.276. The highest BCUT2D eigenvalue weighted by Gasteiger charge is 2.04. The van der Waals surface area contributed by atoms with Crippen molar-refractivity contribution in [3.8, 4) is 34.5 Å². The molecule has 0 saturated carbocycles. The van der Waals surface area contributed by atoms with Crippen LogP contribution in [0.15, 0.2) is 36.4 Å². The Balaban J connectivity index is 1.68. The minimum Gasteiger partial charge on any atom is -0.496 e. The third kappa shape index (κ3) is 6.81. The number of hydrogen-bond acceptors (Lipinski definition) is 6. The van der Waals surface area contributed by atoms with E-state index in [4.69, 9.17) is 28.4 Å². The number of unbranched alkanes of at least 4 members (excludes halogenated alkanes) is 2. The average Bonchev–Trinajstić information content (AvgIpc) is 2.72. The Morgan fingerprint density at radius 2 is 0.741 bits per heavy atom. The highest BCUT2D eigenvalue weighted by Crippen LogP contribution is 2.28. The highest BCUT2D eigenvalue weighted by molar-refractivity contribution is 5.42. The molecule has 0 aliphatic heterocycles. The van der Waals surface area contributed by atoms with Crippen LogP contribution in [0.1, 0.15) is 19.3 Å². The lowest BCUT2D eigenvalue weighted by Gasteiger charge is -2.11. The van der Waals surface area contributed by atoms with Crippen LogP contribution in [-0.2, 0) is 0 Å². The Bertz CT molecular complexity index is 597. The zero-order valence-electron chi connectivity index (χ0n) is 16.4. The number of ether oxygens (including phenoxy) is 6. The van der Waals surface area contributed by atoms with Crippen LogP contribution in [0, 0.1) is 0 Å². The zero-order valence-corrected chi connectivity index (χ0v) is 16.4. The third-order valence-electron chi connectivity index (χ3n) is 3.98. The molecule has 0 amide bonds. The van der Waals surface area contributed by atoms with Crippen LogP contribution < -0.4 is 28.4 Å². The summed E-state index contributed by atoms with van der Waals surface area (Å²) in [4.78, 5) is 0. The lowest BCUT2D eigenvalue weighted by atomic mass is 10.2. The molecule has 6 heteroatoms. The molecule has 148 valence electrons. The van der Waals surface area contributed by atoms with E-state index >= 15 is 0 Å². The fourth-order valence-electron chi connectivity index (χ4n) is 2.49. The molecule has 0 aliphatic rings. The van der Waals surface area contributed by atoms with Gasteiger partial charge in [0.2, 0.25) is 0 Å². The first kappa shape index (κ1) is 20.6. The molecule has 2 rings (SSSR count). The second-order valence-corrected chi connectivity index (χ2v) is 5.85. The van der Waals surface area contributed by atoms with Crippen LogP contribution in [0.4, 0.5) is 0 Å². The molecule has 0 fully saturated rings. The molecule has 6 nitrogen and oxygen atoms in total. The van der Waals surface area contributed by atoms with E-state index in [2.05, 4.69) is 0 Å². The first-order chi connectivity index (χ1) is 13.2. The van der Waals surface area contributed by atoms with Crippen molar-refractivity contribution >= 4 is 0 Å². The molecule has 0 saturated heterocycles. The minimum atomic E-state index is 0.628. The summed E-state index contributed by atoms with van der Waals surface area (Å²) in [5.74, 6) is 4.34. The van der Waals surface area contributed by atoms with Gasteiger partial charge in [-0.3, -0.25) is 0 Å². The SMILES string of the molecule is COc1cc(OC)cc(OCCCCCOc2cc(OC)cc(OC)c2)c1. The maximum Gasteiger partial charge on any atom is 0.126 e. The normalized spacial score (nSPS) is 10.2. The van der Waals surface area contributed by atoms with Gasteiger partial charge in [-0.1, -0.05) is 0 Å². The maximum atomic E-state index is 5.78. The molecule has 0 N–H and O–H groups in total. The Hall–Kier alpha value is -2.76. The molecule has 0 aliphatic carbocycles. The molecule has 27 heavy (non-hydrogen) atoms. The van der Waals surface area contributed by atoms with Gasteiger partial charge in [-0.25, -0.2) is 0 Å². The molecule has 0 aromatic heterocycles. The second kappa shape index (κ2) is 11.1. The van der Waals surface area contributed by atoms with Crippen LogP contribution in [0.3, 0.4) is 0 Å². The van der Waals surface area contributed by atoms with Crippen LogP contribution in [-0.4, -0.2) is 41.7 Å². The van der Waals surface area contributed by atoms with Gasteiger partial charge >= 0.3 is 0 Å². The van der Waals surface area contributed by atoms with Crippen molar-refractivity contribution in [2.75, 3.05) is 41.7 Å². The molecular formula is C21H28O6. The largest absolute Gasteiger partial charge is 0.496 e. The summed E-state index contributed by atoms with van der Waals surface area (Å²) >= 11 is 0. The number of benzene rings is 2. The van der Waals surface area contributed by atoms with Crippen LogP contribution in [0.25, 0.3) is 0 Å². The lowest BCUT2D eigenvalue weighted by Crippen LogP contribution is -2.01. The van der Waals surface area contributed by atoms with Crippen molar-refractivity contribution in [2.45, 2.75) is 19.3 Å². The van der Waals surface area contributed by atoms with Crippen molar-refractivity contribution in [3.05, 3.63) is 36.4 Å². The molecule has 0 spiro atoms. The van der Waals surface area contributed by atoms with Gasteiger partial charge < -0.3 is 28.4 Å². The van der Waals surface area contributed by atoms with E-state index in [1.807, 2.05) is 36.4 Å². The summed E-state index contributed by atoms with van der Waals surface area (Å²) in [5, 5.41) is 0. The van der Waals surface area contributed by atoms with Gasteiger partial charge in [-0.2, -0.15) is 0 Å². The van der Waals surface area contributed by atoms with E-state index < -0.39 is 0 Å². The molecule has 0 bridgehead atoms. The Kier molecular flexibility index (Phi) is 8.42. The van der Waals surface area contributed by atoms with Gasteiger partial charge in [-0.15, -0.1) is 0 Å². The molecular weight excluding hydrogens is 348 g/mol. The Morgan fingerprint density at radius 3 is 1.04 bits per heavy atom. The van der Waals surface area contributed by atoms with Crippen LogP contribution >= 0.6 is 0 Å². The fraction of sp³-hybridized carbons (Fsp3) is 0.429. The molecule has 0 heterocycles.